The first-order chi connectivity index (χ1) is 17.0. The average Bonchev–Trinajstić information content (AvgIpc) is 2.88. The summed E-state index contributed by atoms with van der Waals surface area (Å²) < 4.78 is 29.6. The van der Waals surface area contributed by atoms with Gasteiger partial charge in [-0.1, -0.05) is 30.3 Å². The molecule has 0 unspecified atom stereocenters. The molecule has 2 atom stereocenters. The average molecular weight is 479 g/mol. The van der Waals surface area contributed by atoms with Gasteiger partial charge in [0.15, 0.2) is 11.5 Å². The molecule has 0 aromatic heterocycles. The van der Waals surface area contributed by atoms with Gasteiger partial charge in [-0.05, 0) is 41.5 Å². The van der Waals surface area contributed by atoms with Crippen molar-refractivity contribution in [2.45, 2.75) is 12.0 Å². The quantitative estimate of drug-likeness (QED) is 0.519. The highest BCUT2D eigenvalue weighted by molar-refractivity contribution is 6.04. The maximum atomic E-state index is 13.8. The van der Waals surface area contributed by atoms with Crippen molar-refractivity contribution < 1.29 is 28.2 Å². The van der Waals surface area contributed by atoms with Gasteiger partial charge in [0.05, 0.1) is 32.8 Å². The Morgan fingerprint density at radius 1 is 0.971 bits per heavy atom. The summed E-state index contributed by atoms with van der Waals surface area (Å²) in [5.41, 5.74) is 2.23. The van der Waals surface area contributed by atoms with Crippen molar-refractivity contribution >= 4 is 17.5 Å². The summed E-state index contributed by atoms with van der Waals surface area (Å²) in [7, 11) is 4.61. The van der Waals surface area contributed by atoms with Gasteiger partial charge in [0.1, 0.15) is 5.82 Å². The molecule has 182 valence electrons. The van der Waals surface area contributed by atoms with E-state index in [9.17, 15) is 14.0 Å². The first-order valence-corrected chi connectivity index (χ1v) is 11.2. The van der Waals surface area contributed by atoms with Crippen molar-refractivity contribution in [3.63, 3.8) is 0 Å². The molecule has 0 bridgehead atoms. The zero-order valence-corrected chi connectivity index (χ0v) is 19.8. The Kier molecular flexibility index (Phi) is 7.31. The summed E-state index contributed by atoms with van der Waals surface area (Å²) in [6, 6.07) is 17.4. The summed E-state index contributed by atoms with van der Waals surface area (Å²) >= 11 is 0. The molecule has 3 aromatic rings. The number of hydrogen-bond donors (Lipinski definition) is 1. The number of halogens is 1. The molecule has 0 aliphatic carbocycles. The van der Waals surface area contributed by atoms with Crippen LogP contribution in [0.1, 0.15) is 33.4 Å². The van der Waals surface area contributed by atoms with Gasteiger partial charge in [-0.3, -0.25) is 9.59 Å². The van der Waals surface area contributed by atoms with E-state index in [1.807, 2.05) is 0 Å². The fourth-order valence-electron chi connectivity index (χ4n) is 4.48. The molecule has 0 saturated carbocycles. The number of fused-ring (bicyclic) bond motifs is 1. The minimum absolute atomic E-state index is 0.206. The fraction of sp³-hybridized carbons (Fsp3) is 0.259. The number of hydrogen-bond acceptors (Lipinski definition) is 5. The van der Waals surface area contributed by atoms with Crippen LogP contribution in [0.3, 0.4) is 0 Å². The van der Waals surface area contributed by atoms with E-state index in [0.29, 0.717) is 33.9 Å². The first-order valence-electron chi connectivity index (χ1n) is 11.2. The molecule has 0 spiro atoms. The SMILES string of the molecule is COCCN1C(=O)c2ccccc2[C@H](C(=O)Nc2ccc(OC)c(OC)c2)[C@H]1c1ccc(F)cc1. The standard InChI is InChI=1S/C27H27FN2O5/c1-33-15-14-30-25(17-8-10-18(28)11-9-17)24(20-6-4-5-7-21(20)27(30)32)26(31)29-19-12-13-22(34-2)23(16-19)35-3/h4-13,16,24-25H,14-15H2,1-3H3,(H,29,31)/t24-,25+/m0/s1. The molecule has 1 aliphatic heterocycles. The maximum Gasteiger partial charge on any atom is 0.254 e. The predicted molar refractivity (Wildman–Crippen MR) is 129 cm³/mol. The van der Waals surface area contributed by atoms with Crippen LogP contribution in [0.25, 0.3) is 0 Å². The molecule has 4 rings (SSSR count). The normalized spacial score (nSPS) is 17.0. The van der Waals surface area contributed by atoms with Crippen LogP contribution in [0.4, 0.5) is 10.1 Å². The van der Waals surface area contributed by atoms with Crippen LogP contribution in [0.2, 0.25) is 0 Å². The van der Waals surface area contributed by atoms with Crippen molar-refractivity contribution in [3.05, 3.63) is 89.2 Å². The Bertz CT molecular complexity index is 1210. The van der Waals surface area contributed by atoms with Gasteiger partial charge in [0.2, 0.25) is 5.91 Å². The molecule has 1 aliphatic rings. The first kappa shape index (κ1) is 24.2. The third-order valence-electron chi connectivity index (χ3n) is 6.12. The molecule has 0 saturated heterocycles. The molecular weight excluding hydrogens is 451 g/mol. The van der Waals surface area contributed by atoms with E-state index in [0.717, 1.165) is 0 Å². The second kappa shape index (κ2) is 10.6. The molecular formula is C27H27FN2O5. The number of rotatable bonds is 8. The van der Waals surface area contributed by atoms with Gasteiger partial charge in [-0.15, -0.1) is 0 Å². The summed E-state index contributed by atoms with van der Waals surface area (Å²) in [4.78, 5) is 28.9. The van der Waals surface area contributed by atoms with E-state index in [-0.39, 0.29) is 25.0 Å². The lowest BCUT2D eigenvalue weighted by Crippen LogP contribution is -2.47. The topological polar surface area (TPSA) is 77.1 Å². The lowest BCUT2D eigenvalue weighted by Gasteiger charge is -2.41. The van der Waals surface area contributed by atoms with Crippen LogP contribution in [0.15, 0.2) is 66.7 Å². The van der Waals surface area contributed by atoms with E-state index in [2.05, 4.69) is 5.32 Å². The Hall–Kier alpha value is -3.91. The van der Waals surface area contributed by atoms with E-state index in [1.54, 1.807) is 66.6 Å². The van der Waals surface area contributed by atoms with E-state index in [4.69, 9.17) is 14.2 Å². The summed E-state index contributed by atoms with van der Waals surface area (Å²) in [5, 5.41) is 2.96. The summed E-state index contributed by atoms with van der Waals surface area (Å²) in [6.45, 7) is 0.557. The summed E-state index contributed by atoms with van der Waals surface area (Å²) in [5.74, 6) is -0.656. The van der Waals surface area contributed by atoms with Crippen LogP contribution in [-0.2, 0) is 9.53 Å². The van der Waals surface area contributed by atoms with Gasteiger partial charge in [0, 0.05) is 31.0 Å². The molecule has 3 aromatic carbocycles. The van der Waals surface area contributed by atoms with Crippen molar-refractivity contribution in [3.8, 4) is 11.5 Å². The highest BCUT2D eigenvalue weighted by atomic mass is 19.1. The van der Waals surface area contributed by atoms with Gasteiger partial charge in [-0.25, -0.2) is 4.39 Å². The van der Waals surface area contributed by atoms with Gasteiger partial charge < -0.3 is 24.4 Å². The number of carbonyl (C=O) groups excluding carboxylic acids is 2. The number of nitrogens with one attached hydrogen (secondary N) is 1. The molecule has 2 amide bonds. The fourth-order valence-corrected chi connectivity index (χ4v) is 4.48. The molecule has 1 N–H and O–H groups in total. The van der Waals surface area contributed by atoms with E-state index < -0.39 is 17.8 Å². The smallest absolute Gasteiger partial charge is 0.254 e. The van der Waals surface area contributed by atoms with Crippen molar-refractivity contribution in [2.75, 3.05) is 39.8 Å². The van der Waals surface area contributed by atoms with Gasteiger partial charge in [0.25, 0.3) is 5.91 Å². The Morgan fingerprint density at radius 2 is 1.69 bits per heavy atom. The third kappa shape index (κ3) is 4.83. The van der Waals surface area contributed by atoms with Crippen LogP contribution in [0.5, 0.6) is 11.5 Å². The Balaban J connectivity index is 1.80. The van der Waals surface area contributed by atoms with E-state index >= 15 is 0 Å². The molecule has 7 nitrogen and oxygen atoms in total. The largest absolute Gasteiger partial charge is 0.493 e. The second-order valence-corrected chi connectivity index (χ2v) is 8.11. The van der Waals surface area contributed by atoms with Gasteiger partial charge >= 0.3 is 0 Å². The zero-order chi connectivity index (χ0) is 24.9. The van der Waals surface area contributed by atoms with Crippen molar-refractivity contribution in [1.82, 2.24) is 4.90 Å². The Morgan fingerprint density at radius 3 is 2.37 bits per heavy atom. The minimum atomic E-state index is -0.751. The number of benzene rings is 3. The number of nitrogens with zero attached hydrogens (tertiary/aromatic N) is 1. The molecule has 0 fully saturated rings. The number of ether oxygens (including phenoxy) is 3. The highest BCUT2D eigenvalue weighted by Gasteiger charge is 2.44. The minimum Gasteiger partial charge on any atom is -0.493 e. The van der Waals surface area contributed by atoms with Crippen LogP contribution in [0, 0.1) is 5.82 Å². The number of methoxy groups -OCH3 is 3. The highest BCUT2D eigenvalue weighted by Crippen LogP contribution is 2.43. The maximum absolute atomic E-state index is 13.8. The summed E-state index contributed by atoms with van der Waals surface area (Å²) in [6.07, 6.45) is 0. The van der Waals surface area contributed by atoms with Crippen molar-refractivity contribution in [2.24, 2.45) is 0 Å². The van der Waals surface area contributed by atoms with E-state index in [1.165, 1.54) is 26.4 Å². The van der Waals surface area contributed by atoms with Crippen LogP contribution < -0.4 is 14.8 Å². The lowest BCUT2D eigenvalue weighted by molar-refractivity contribution is -0.119. The molecule has 1 heterocycles. The number of carbonyl (C=O) groups is 2. The molecule has 0 radical (unpaired) electrons. The van der Waals surface area contributed by atoms with Crippen LogP contribution >= 0.6 is 0 Å². The monoisotopic (exact) mass is 478 g/mol. The van der Waals surface area contributed by atoms with Gasteiger partial charge in [-0.2, -0.15) is 0 Å². The third-order valence-corrected chi connectivity index (χ3v) is 6.12. The molecule has 35 heavy (non-hydrogen) atoms. The number of anilines is 1. The molecule has 8 heteroatoms. The zero-order valence-electron chi connectivity index (χ0n) is 19.8. The second-order valence-electron chi connectivity index (χ2n) is 8.11. The number of amides is 2. The van der Waals surface area contributed by atoms with Crippen molar-refractivity contribution in [1.29, 1.82) is 0 Å². The predicted octanol–water partition coefficient (Wildman–Crippen LogP) is 4.41. The Labute approximate surface area is 203 Å². The van der Waals surface area contributed by atoms with Crippen LogP contribution in [-0.4, -0.2) is 51.2 Å². The lowest BCUT2D eigenvalue weighted by atomic mass is 9.79.